The molecule has 0 saturated carbocycles. The number of hydrogen-bond donors (Lipinski definition) is 2. The minimum absolute atomic E-state index is 0.155. The number of carbonyl (C=O) groups excluding carboxylic acids is 1. The van der Waals surface area contributed by atoms with Gasteiger partial charge in [0.2, 0.25) is 0 Å². The van der Waals surface area contributed by atoms with Crippen molar-refractivity contribution < 1.29 is 4.79 Å². The first-order chi connectivity index (χ1) is 8.08. The fraction of sp³-hybridized carbons (Fsp3) is 0.0833. The lowest BCUT2D eigenvalue weighted by molar-refractivity contribution is 0.102. The summed E-state index contributed by atoms with van der Waals surface area (Å²) in [5.74, 6) is -0.155. The van der Waals surface area contributed by atoms with E-state index in [1.807, 2.05) is 17.7 Å². The van der Waals surface area contributed by atoms with Crippen molar-refractivity contribution in [1.82, 2.24) is 0 Å². The highest BCUT2D eigenvalue weighted by Crippen LogP contribution is 2.24. The zero-order valence-corrected chi connectivity index (χ0v) is 10.7. The van der Waals surface area contributed by atoms with Crippen molar-refractivity contribution in [2.75, 3.05) is 11.1 Å². The summed E-state index contributed by atoms with van der Waals surface area (Å²) in [6.45, 7) is 1.90. The molecule has 0 atom stereocenters. The van der Waals surface area contributed by atoms with Gasteiger partial charge < -0.3 is 11.1 Å². The molecule has 1 heterocycles. The Morgan fingerprint density at radius 2 is 2.18 bits per heavy atom. The molecule has 3 nitrogen and oxygen atoms in total. The van der Waals surface area contributed by atoms with Gasteiger partial charge in [0.25, 0.3) is 5.91 Å². The van der Waals surface area contributed by atoms with Gasteiger partial charge in [-0.05, 0) is 36.1 Å². The fourth-order valence-electron chi connectivity index (χ4n) is 1.43. The largest absolute Gasteiger partial charge is 0.397 e. The molecular formula is C12H11ClN2OS. The third kappa shape index (κ3) is 2.60. The predicted molar refractivity (Wildman–Crippen MR) is 72.9 cm³/mol. The highest BCUT2D eigenvalue weighted by Gasteiger charge is 2.11. The van der Waals surface area contributed by atoms with Gasteiger partial charge >= 0.3 is 0 Å². The van der Waals surface area contributed by atoms with Crippen LogP contribution in [-0.2, 0) is 0 Å². The standard InChI is InChI=1S/C12H11ClN2OS/c1-7-5-17-6-9(7)12(16)15-11-3-2-8(13)4-10(11)14/h2-6H,14H2,1H3,(H,15,16). The molecule has 0 unspecified atom stereocenters. The number of nitrogens with one attached hydrogen (secondary N) is 1. The Hall–Kier alpha value is -1.52. The number of benzene rings is 1. The number of nitrogen functional groups attached to an aromatic ring is 1. The monoisotopic (exact) mass is 266 g/mol. The summed E-state index contributed by atoms with van der Waals surface area (Å²) >= 11 is 7.29. The Morgan fingerprint density at radius 3 is 2.76 bits per heavy atom. The second-order valence-electron chi connectivity index (χ2n) is 3.65. The lowest BCUT2D eigenvalue weighted by Gasteiger charge is -2.08. The van der Waals surface area contributed by atoms with E-state index in [1.54, 1.807) is 18.2 Å². The van der Waals surface area contributed by atoms with E-state index in [2.05, 4.69) is 5.32 Å². The van der Waals surface area contributed by atoms with Gasteiger partial charge in [-0.25, -0.2) is 0 Å². The van der Waals surface area contributed by atoms with E-state index in [-0.39, 0.29) is 5.91 Å². The van der Waals surface area contributed by atoms with Crippen LogP contribution < -0.4 is 11.1 Å². The number of amides is 1. The molecule has 3 N–H and O–H groups in total. The van der Waals surface area contributed by atoms with Crippen LogP contribution in [0.25, 0.3) is 0 Å². The average molecular weight is 267 g/mol. The van der Waals surface area contributed by atoms with E-state index < -0.39 is 0 Å². The van der Waals surface area contributed by atoms with E-state index in [1.165, 1.54) is 11.3 Å². The van der Waals surface area contributed by atoms with Crippen LogP contribution in [0.2, 0.25) is 5.02 Å². The van der Waals surface area contributed by atoms with Gasteiger partial charge in [-0.3, -0.25) is 4.79 Å². The number of aryl methyl sites for hydroxylation is 1. The smallest absolute Gasteiger partial charge is 0.256 e. The molecule has 0 saturated heterocycles. The van der Waals surface area contributed by atoms with Crippen LogP contribution in [-0.4, -0.2) is 5.91 Å². The molecule has 0 fully saturated rings. The molecule has 2 aromatic rings. The van der Waals surface area contributed by atoms with Crippen molar-refractivity contribution in [2.45, 2.75) is 6.92 Å². The second kappa shape index (κ2) is 4.77. The molecule has 0 radical (unpaired) electrons. The number of nitrogens with two attached hydrogens (primary N) is 1. The van der Waals surface area contributed by atoms with Crippen LogP contribution in [0.1, 0.15) is 15.9 Å². The summed E-state index contributed by atoms with van der Waals surface area (Å²) in [5, 5.41) is 7.06. The third-order valence-corrected chi connectivity index (χ3v) is 3.46. The van der Waals surface area contributed by atoms with Crippen molar-refractivity contribution in [3.8, 4) is 0 Å². The van der Waals surface area contributed by atoms with Crippen molar-refractivity contribution in [2.24, 2.45) is 0 Å². The number of halogens is 1. The number of rotatable bonds is 2. The molecule has 0 bridgehead atoms. The molecule has 0 aliphatic heterocycles. The molecule has 0 aliphatic rings. The number of hydrogen-bond acceptors (Lipinski definition) is 3. The average Bonchev–Trinajstić information content (AvgIpc) is 2.68. The Balaban J connectivity index is 2.22. The summed E-state index contributed by atoms with van der Waals surface area (Å²) in [4.78, 5) is 11.9. The molecule has 5 heteroatoms. The zero-order valence-electron chi connectivity index (χ0n) is 9.16. The van der Waals surface area contributed by atoms with Crippen LogP contribution >= 0.6 is 22.9 Å². The Bertz CT molecular complexity index is 565. The number of thiophene rings is 1. The fourth-order valence-corrected chi connectivity index (χ4v) is 2.44. The van der Waals surface area contributed by atoms with Gasteiger partial charge in [-0.15, -0.1) is 0 Å². The van der Waals surface area contributed by atoms with E-state index in [9.17, 15) is 4.79 Å². The Labute approximate surface area is 108 Å². The SMILES string of the molecule is Cc1cscc1C(=O)Nc1ccc(Cl)cc1N. The summed E-state index contributed by atoms with van der Waals surface area (Å²) in [6.07, 6.45) is 0. The first-order valence-corrected chi connectivity index (χ1v) is 6.29. The highest BCUT2D eigenvalue weighted by molar-refractivity contribution is 7.08. The molecule has 1 amide bonds. The molecule has 17 heavy (non-hydrogen) atoms. The summed E-state index contributed by atoms with van der Waals surface area (Å²) < 4.78 is 0. The van der Waals surface area contributed by atoms with Gasteiger partial charge in [0.05, 0.1) is 16.9 Å². The minimum Gasteiger partial charge on any atom is -0.397 e. The molecule has 88 valence electrons. The minimum atomic E-state index is -0.155. The van der Waals surface area contributed by atoms with Crippen molar-refractivity contribution in [3.05, 3.63) is 45.1 Å². The second-order valence-corrected chi connectivity index (χ2v) is 4.83. The molecule has 0 aliphatic carbocycles. The van der Waals surface area contributed by atoms with Crippen LogP contribution in [0.5, 0.6) is 0 Å². The van der Waals surface area contributed by atoms with Crippen LogP contribution in [0, 0.1) is 6.92 Å². The van der Waals surface area contributed by atoms with E-state index in [4.69, 9.17) is 17.3 Å². The van der Waals surface area contributed by atoms with Crippen molar-refractivity contribution in [1.29, 1.82) is 0 Å². The summed E-state index contributed by atoms with van der Waals surface area (Å²) in [5.41, 5.74) is 8.42. The lowest BCUT2D eigenvalue weighted by atomic mass is 10.2. The van der Waals surface area contributed by atoms with Crippen molar-refractivity contribution >= 4 is 40.2 Å². The van der Waals surface area contributed by atoms with Crippen LogP contribution in [0.3, 0.4) is 0 Å². The normalized spacial score (nSPS) is 10.2. The summed E-state index contributed by atoms with van der Waals surface area (Å²) in [7, 11) is 0. The quantitative estimate of drug-likeness (QED) is 0.817. The maximum atomic E-state index is 11.9. The zero-order chi connectivity index (χ0) is 12.4. The molecular weight excluding hydrogens is 256 g/mol. The van der Waals surface area contributed by atoms with Gasteiger partial charge in [0.1, 0.15) is 0 Å². The lowest BCUT2D eigenvalue weighted by Crippen LogP contribution is -2.13. The van der Waals surface area contributed by atoms with Gasteiger partial charge in [0, 0.05) is 10.4 Å². The van der Waals surface area contributed by atoms with Crippen molar-refractivity contribution in [3.63, 3.8) is 0 Å². The number of anilines is 2. The molecule has 0 spiro atoms. The van der Waals surface area contributed by atoms with Crippen LogP contribution in [0.4, 0.5) is 11.4 Å². The first kappa shape index (κ1) is 12.0. The van der Waals surface area contributed by atoms with Gasteiger partial charge in [-0.2, -0.15) is 11.3 Å². The van der Waals surface area contributed by atoms with E-state index in [0.29, 0.717) is 22.0 Å². The predicted octanol–water partition coefficient (Wildman–Crippen LogP) is 3.54. The van der Waals surface area contributed by atoms with E-state index >= 15 is 0 Å². The molecule has 1 aromatic carbocycles. The van der Waals surface area contributed by atoms with Gasteiger partial charge in [-0.1, -0.05) is 11.6 Å². The highest BCUT2D eigenvalue weighted by atomic mass is 35.5. The topological polar surface area (TPSA) is 55.1 Å². The van der Waals surface area contributed by atoms with Crippen LogP contribution in [0.15, 0.2) is 29.0 Å². The Morgan fingerprint density at radius 1 is 1.41 bits per heavy atom. The maximum absolute atomic E-state index is 11.9. The third-order valence-electron chi connectivity index (χ3n) is 2.36. The van der Waals surface area contributed by atoms with E-state index in [0.717, 1.165) is 5.56 Å². The first-order valence-electron chi connectivity index (χ1n) is 4.97. The maximum Gasteiger partial charge on any atom is 0.256 e. The summed E-state index contributed by atoms with van der Waals surface area (Å²) in [6, 6.07) is 4.99. The molecule has 1 aromatic heterocycles. The number of carbonyl (C=O) groups is 1. The molecule has 2 rings (SSSR count). The Kier molecular flexibility index (Phi) is 3.36. The van der Waals surface area contributed by atoms with Gasteiger partial charge in [0.15, 0.2) is 0 Å².